The first-order valence-electron chi connectivity index (χ1n) is 11.8. The number of hydrogen-bond acceptors (Lipinski definition) is 7. The van der Waals surface area contributed by atoms with Crippen LogP contribution in [0.3, 0.4) is 0 Å². The van der Waals surface area contributed by atoms with E-state index in [1.54, 1.807) is 24.1 Å². The molecule has 1 aromatic heterocycles. The third-order valence-corrected chi connectivity index (χ3v) is 6.15. The Bertz CT molecular complexity index is 1080. The summed E-state index contributed by atoms with van der Waals surface area (Å²) < 4.78 is 10.8. The van der Waals surface area contributed by atoms with Crippen molar-refractivity contribution < 1.29 is 19.1 Å². The fourth-order valence-electron chi connectivity index (χ4n) is 3.34. The zero-order valence-corrected chi connectivity index (χ0v) is 21.3. The predicted molar refractivity (Wildman–Crippen MR) is 138 cm³/mol. The van der Waals surface area contributed by atoms with E-state index in [-0.39, 0.29) is 18.2 Å². The molecular formula is C26H32N4O4S. The van der Waals surface area contributed by atoms with Crippen molar-refractivity contribution in [3.63, 3.8) is 0 Å². The number of amides is 2. The maximum Gasteiger partial charge on any atom is 0.253 e. The van der Waals surface area contributed by atoms with Crippen LogP contribution in [0.25, 0.3) is 10.6 Å². The molecule has 0 saturated carbocycles. The van der Waals surface area contributed by atoms with Crippen molar-refractivity contribution in [3.05, 3.63) is 54.1 Å². The molecule has 1 heterocycles. The predicted octanol–water partition coefficient (Wildman–Crippen LogP) is 5.27. The lowest BCUT2D eigenvalue weighted by Crippen LogP contribution is -2.34. The van der Waals surface area contributed by atoms with Crippen molar-refractivity contribution in [2.24, 2.45) is 0 Å². The summed E-state index contributed by atoms with van der Waals surface area (Å²) in [6.45, 7) is 5.67. The van der Waals surface area contributed by atoms with E-state index in [2.05, 4.69) is 22.4 Å². The van der Waals surface area contributed by atoms with E-state index >= 15 is 0 Å². The second-order valence-corrected chi connectivity index (χ2v) is 8.94. The van der Waals surface area contributed by atoms with Crippen LogP contribution in [0.2, 0.25) is 0 Å². The number of nitrogens with zero attached hydrogens (tertiary/aromatic N) is 3. The van der Waals surface area contributed by atoms with Gasteiger partial charge in [0.25, 0.3) is 5.91 Å². The first-order chi connectivity index (χ1) is 17.0. The third-order valence-electron chi connectivity index (χ3n) is 5.27. The standard InChI is InChI=1S/C26H32N4O4S/c1-4-6-18-34-22-13-9-20(10-14-22)25(32)30(16-5-2)17-15-23(31)27-26-29-28-24(35-26)19-7-11-21(33-3)12-8-19/h7-14H,4-6,15-18H2,1-3H3,(H,27,29,31). The van der Waals surface area contributed by atoms with E-state index in [4.69, 9.17) is 9.47 Å². The number of unbranched alkanes of at least 4 members (excludes halogenated alkanes) is 1. The molecular weight excluding hydrogens is 464 g/mol. The number of carbonyl (C=O) groups excluding carboxylic acids is 2. The summed E-state index contributed by atoms with van der Waals surface area (Å²) in [7, 11) is 1.61. The van der Waals surface area contributed by atoms with E-state index in [0.717, 1.165) is 36.3 Å². The van der Waals surface area contributed by atoms with Crippen LogP contribution in [-0.4, -0.2) is 53.7 Å². The summed E-state index contributed by atoms with van der Waals surface area (Å²) in [6, 6.07) is 14.7. The largest absolute Gasteiger partial charge is 0.497 e. The summed E-state index contributed by atoms with van der Waals surface area (Å²) in [4.78, 5) is 27.2. The van der Waals surface area contributed by atoms with Gasteiger partial charge in [-0.2, -0.15) is 0 Å². The summed E-state index contributed by atoms with van der Waals surface area (Å²) >= 11 is 1.30. The SMILES string of the molecule is CCCCOc1ccc(C(=O)N(CCC)CCC(=O)Nc2nnc(-c3ccc(OC)cc3)s2)cc1. The molecule has 2 aromatic carbocycles. The van der Waals surface area contributed by atoms with Gasteiger partial charge in [0.15, 0.2) is 0 Å². The number of benzene rings is 2. The lowest BCUT2D eigenvalue weighted by Gasteiger charge is -2.22. The van der Waals surface area contributed by atoms with Gasteiger partial charge in [0.05, 0.1) is 13.7 Å². The van der Waals surface area contributed by atoms with Crippen LogP contribution in [0.15, 0.2) is 48.5 Å². The average molecular weight is 497 g/mol. The molecule has 1 N–H and O–H groups in total. The highest BCUT2D eigenvalue weighted by Gasteiger charge is 2.17. The van der Waals surface area contributed by atoms with Gasteiger partial charge < -0.3 is 19.7 Å². The lowest BCUT2D eigenvalue weighted by atomic mass is 10.1. The second kappa shape index (κ2) is 13.4. The maximum absolute atomic E-state index is 13.0. The van der Waals surface area contributed by atoms with Gasteiger partial charge in [-0.25, -0.2) is 0 Å². The Kier molecular flexibility index (Phi) is 10.0. The fourth-order valence-corrected chi connectivity index (χ4v) is 4.10. The van der Waals surface area contributed by atoms with E-state index in [1.807, 2.05) is 43.3 Å². The minimum absolute atomic E-state index is 0.0996. The van der Waals surface area contributed by atoms with Gasteiger partial charge in [0.1, 0.15) is 16.5 Å². The lowest BCUT2D eigenvalue weighted by molar-refractivity contribution is -0.116. The van der Waals surface area contributed by atoms with Gasteiger partial charge in [-0.15, -0.1) is 10.2 Å². The van der Waals surface area contributed by atoms with Crippen LogP contribution >= 0.6 is 11.3 Å². The average Bonchev–Trinajstić information content (AvgIpc) is 3.35. The summed E-state index contributed by atoms with van der Waals surface area (Å²) in [5.74, 6) is 1.20. The minimum Gasteiger partial charge on any atom is -0.497 e. The topological polar surface area (TPSA) is 93.7 Å². The highest BCUT2D eigenvalue weighted by Crippen LogP contribution is 2.27. The Hall–Kier alpha value is -3.46. The first kappa shape index (κ1) is 26.2. The molecule has 0 atom stereocenters. The maximum atomic E-state index is 13.0. The van der Waals surface area contributed by atoms with Gasteiger partial charge in [-0.3, -0.25) is 9.59 Å². The normalized spacial score (nSPS) is 10.6. The Morgan fingerprint density at radius 1 is 0.943 bits per heavy atom. The Balaban J connectivity index is 1.53. The van der Waals surface area contributed by atoms with Crippen molar-refractivity contribution >= 4 is 28.3 Å². The van der Waals surface area contributed by atoms with Crippen LogP contribution < -0.4 is 14.8 Å². The molecule has 0 radical (unpaired) electrons. The summed E-state index contributed by atoms with van der Waals surface area (Å²) in [6.07, 6.45) is 3.03. The molecule has 0 aliphatic carbocycles. The smallest absolute Gasteiger partial charge is 0.253 e. The minimum atomic E-state index is -0.212. The third kappa shape index (κ3) is 7.78. The van der Waals surface area contributed by atoms with E-state index in [1.165, 1.54) is 11.3 Å². The molecule has 0 bridgehead atoms. The van der Waals surface area contributed by atoms with Crippen molar-refractivity contribution in [2.75, 3.05) is 32.1 Å². The van der Waals surface area contributed by atoms with Crippen LogP contribution in [-0.2, 0) is 4.79 Å². The molecule has 3 rings (SSSR count). The Morgan fingerprint density at radius 2 is 1.66 bits per heavy atom. The first-order valence-corrected chi connectivity index (χ1v) is 12.7. The number of carbonyl (C=O) groups is 2. The number of ether oxygens (including phenoxy) is 2. The Morgan fingerprint density at radius 3 is 2.31 bits per heavy atom. The van der Waals surface area contributed by atoms with E-state index in [9.17, 15) is 9.59 Å². The summed E-state index contributed by atoms with van der Waals surface area (Å²) in [5.41, 5.74) is 1.47. The molecule has 0 aliphatic heterocycles. The molecule has 0 unspecified atom stereocenters. The number of hydrogen-bond donors (Lipinski definition) is 1. The van der Waals surface area contributed by atoms with Crippen LogP contribution in [0.4, 0.5) is 5.13 Å². The highest BCUT2D eigenvalue weighted by molar-refractivity contribution is 7.18. The molecule has 186 valence electrons. The summed E-state index contributed by atoms with van der Waals surface area (Å²) in [5, 5.41) is 12.1. The van der Waals surface area contributed by atoms with Crippen molar-refractivity contribution in [1.82, 2.24) is 15.1 Å². The molecule has 2 amide bonds. The monoisotopic (exact) mass is 496 g/mol. The van der Waals surface area contributed by atoms with Crippen LogP contribution in [0, 0.1) is 0 Å². The molecule has 0 aliphatic rings. The van der Waals surface area contributed by atoms with E-state index in [0.29, 0.717) is 35.4 Å². The van der Waals surface area contributed by atoms with Crippen molar-refractivity contribution in [1.29, 1.82) is 0 Å². The number of rotatable bonds is 13. The van der Waals surface area contributed by atoms with Crippen LogP contribution in [0.1, 0.15) is 49.9 Å². The molecule has 0 saturated heterocycles. The number of nitrogens with one attached hydrogen (secondary N) is 1. The molecule has 8 nitrogen and oxygen atoms in total. The van der Waals surface area contributed by atoms with E-state index < -0.39 is 0 Å². The van der Waals surface area contributed by atoms with Gasteiger partial charge in [-0.1, -0.05) is 31.6 Å². The van der Waals surface area contributed by atoms with Gasteiger partial charge in [-0.05, 0) is 61.4 Å². The second-order valence-electron chi connectivity index (χ2n) is 7.96. The van der Waals surface area contributed by atoms with Crippen molar-refractivity contribution in [2.45, 2.75) is 39.5 Å². The van der Waals surface area contributed by atoms with Crippen molar-refractivity contribution in [3.8, 4) is 22.1 Å². The van der Waals surface area contributed by atoms with Gasteiger partial charge >= 0.3 is 0 Å². The van der Waals surface area contributed by atoms with Crippen LogP contribution in [0.5, 0.6) is 11.5 Å². The zero-order valence-electron chi connectivity index (χ0n) is 20.5. The number of aromatic nitrogens is 2. The van der Waals surface area contributed by atoms with Gasteiger partial charge in [0, 0.05) is 30.6 Å². The number of anilines is 1. The molecule has 9 heteroatoms. The molecule has 35 heavy (non-hydrogen) atoms. The Labute approximate surface area is 210 Å². The van der Waals surface area contributed by atoms with Gasteiger partial charge in [0.2, 0.25) is 11.0 Å². The fraction of sp³-hybridized carbons (Fsp3) is 0.385. The zero-order chi connectivity index (χ0) is 25.0. The molecule has 0 spiro atoms. The number of methoxy groups -OCH3 is 1. The highest BCUT2D eigenvalue weighted by atomic mass is 32.1. The quantitative estimate of drug-likeness (QED) is 0.324. The molecule has 3 aromatic rings. The molecule has 0 fully saturated rings.